The van der Waals surface area contributed by atoms with E-state index in [1.165, 1.54) is 31.5 Å². The molecule has 0 saturated carbocycles. The van der Waals surface area contributed by atoms with Gasteiger partial charge in [-0.25, -0.2) is 0 Å². The van der Waals surface area contributed by atoms with Crippen LogP contribution in [-0.4, -0.2) is 36.1 Å². The Bertz CT molecular complexity index is 493. The second-order valence-electron chi connectivity index (χ2n) is 5.84. The van der Waals surface area contributed by atoms with Gasteiger partial charge in [-0.05, 0) is 50.7 Å². The van der Waals surface area contributed by atoms with E-state index in [0.717, 1.165) is 5.69 Å². The molecule has 3 nitrogen and oxygen atoms in total. The lowest BCUT2D eigenvalue weighted by atomic mass is 9.98. The fourth-order valence-electron chi connectivity index (χ4n) is 2.96. The molecule has 1 atom stereocenters. The summed E-state index contributed by atoms with van der Waals surface area (Å²) in [7, 11) is 2.20. The first-order valence-corrected chi connectivity index (χ1v) is 7.73. The number of benzene rings is 1. The van der Waals surface area contributed by atoms with Crippen molar-refractivity contribution in [1.29, 1.82) is 0 Å². The predicted molar refractivity (Wildman–Crippen MR) is 86.2 cm³/mol. The van der Waals surface area contributed by atoms with Crippen LogP contribution in [0.5, 0.6) is 0 Å². The van der Waals surface area contributed by atoms with E-state index in [9.17, 15) is 0 Å². The molecule has 1 fully saturated rings. The van der Waals surface area contributed by atoms with Gasteiger partial charge >= 0.3 is 0 Å². The Morgan fingerprint density at radius 3 is 2.43 bits per heavy atom. The van der Waals surface area contributed by atoms with Crippen LogP contribution in [0.3, 0.4) is 0 Å². The largest absolute Gasteiger partial charge is 0.306 e. The summed E-state index contributed by atoms with van der Waals surface area (Å²) >= 11 is 0. The number of pyridine rings is 1. The summed E-state index contributed by atoms with van der Waals surface area (Å²) in [6, 6.07) is 17.5. The quantitative estimate of drug-likeness (QED) is 0.934. The SMILES string of the molecule is CN1CCC(NC(c2ccccc2)c2ccccn2)CC1. The molecule has 2 heterocycles. The van der Waals surface area contributed by atoms with Crippen LogP contribution in [0.1, 0.15) is 30.1 Å². The molecular weight excluding hydrogens is 258 g/mol. The molecule has 0 aliphatic carbocycles. The minimum atomic E-state index is 0.181. The van der Waals surface area contributed by atoms with Crippen LogP contribution in [0.25, 0.3) is 0 Å². The van der Waals surface area contributed by atoms with Gasteiger partial charge in [0.2, 0.25) is 0 Å². The Hall–Kier alpha value is -1.71. The maximum absolute atomic E-state index is 4.56. The predicted octanol–water partition coefficient (Wildman–Crippen LogP) is 2.85. The molecule has 3 rings (SSSR count). The lowest BCUT2D eigenvalue weighted by Crippen LogP contribution is -2.42. The van der Waals surface area contributed by atoms with Crippen LogP contribution in [0, 0.1) is 0 Å². The van der Waals surface area contributed by atoms with Gasteiger partial charge in [-0.3, -0.25) is 4.98 Å². The third-order valence-corrected chi connectivity index (χ3v) is 4.24. The zero-order valence-electron chi connectivity index (χ0n) is 12.6. The molecule has 1 N–H and O–H groups in total. The highest BCUT2D eigenvalue weighted by molar-refractivity contribution is 5.27. The van der Waals surface area contributed by atoms with Gasteiger partial charge in [0.25, 0.3) is 0 Å². The molecule has 1 aromatic heterocycles. The van der Waals surface area contributed by atoms with Crippen LogP contribution in [0.2, 0.25) is 0 Å². The molecule has 3 heteroatoms. The number of piperidine rings is 1. The molecule has 1 aromatic carbocycles. The van der Waals surface area contributed by atoms with Gasteiger partial charge in [-0.15, -0.1) is 0 Å². The van der Waals surface area contributed by atoms with Crippen molar-refractivity contribution >= 4 is 0 Å². The van der Waals surface area contributed by atoms with Gasteiger partial charge in [0, 0.05) is 12.2 Å². The van der Waals surface area contributed by atoms with E-state index in [1.807, 2.05) is 12.3 Å². The van der Waals surface area contributed by atoms with Gasteiger partial charge in [0.1, 0.15) is 0 Å². The first-order valence-electron chi connectivity index (χ1n) is 7.73. The standard InChI is InChI=1S/C18H23N3/c1-21-13-10-16(11-14-21)20-18(15-7-3-2-4-8-15)17-9-5-6-12-19-17/h2-9,12,16,18,20H,10-11,13-14H2,1H3. The van der Waals surface area contributed by atoms with Crippen molar-refractivity contribution in [1.82, 2.24) is 15.2 Å². The summed E-state index contributed by atoms with van der Waals surface area (Å²) in [6.07, 6.45) is 4.28. The summed E-state index contributed by atoms with van der Waals surface area (Å²) in [6.45, 7) is 2.34. The van der Waals surface area contributed by atoms with E-state index in [1.54, 1.807) is 0 Å². The van der Waals surface area contributed by atoms with Crippen molar-refractivity contribution in [3.05, 3.63) is 66.0 Å². The highest BCUT2D eigenvalue weighted by atomic mass is 15.1. The molecule has 1 aliphatic rings. The number of likely N-dealkylation sites (tertiary alicyclic amines) is 1. The van der Waals surface area contributed by atoms with Crippen molar-refractivity contribution in [3.63, 3.8) is 0 Å². The molecule has 0 spiro atoms. The molecule has 1 unspecified atom stereocenters. The minimum absolute atomic E-state index is 0.181. The molecule has 21 heavy (non-hydrogen) atoms. The van der Waals surface area contributed by atoms with Crippen LogP contribution >= 0.6 is 0 Å². The molecule has 110 valence electrons. The van der Waals surface area contributed by atoms with Gasteiger partial charge in [-0.2, -0.15) is 0 Å². The van der Waals surface area contributed by atoms with Crippen molar-refractivity contribution < 1.29 is 0 Å². The summed E-state index contributed by atoms with van der Waals surface area (Å²) in [5.41, 5.74) is 2.39. The molecule has 1 aliphatic heterocycles. The molecule has 0 bridgehead atoms. The summed E-state index contributed by atoms with van der Waals surface area (Å²) in [5.74, 6) is 0. The Morgan fingerprint density at radius 1 is 1.05 bits per heavy atom. The van der Waals surface area contributed by atoms with Crippen molar-refractivity contribution in [2.24, 2.45) is 0 Å². The van der Waals surface area contributed by atoms with Crippen LogP contribution < -0.4 is 5.32 Å². The Balaban J connectivity index is 1.80. The van der Waals surface area contributed by atoms with E-state index < -0.39 is 0 Å². The summed E-state index contributed by atoms with van der Waals surface area (Å²) in [4.78, 5) is 6.96. The highest BCUT2D eigenvalue weighted by Crippen LogP contribution is 2.22. The van der Waals surface area contributed by atoms with Gasteiger partial charge < -0.3 is 10.2 Å². The number of nitrogens with zero attached hydrogens (tertiary/aromatic N) is 2. The number of hydrogen-bond acceptors (Lipinski definition) is 3. The van der Waals surface area contributed by atoms with E-state index in [4.69, 9.17) is 0 Å². The maximum Gasteiger partial charge on any atom is 0.0753 e. The highest BCUT2D eigenvalue weighted by Gasteiger charge is 2.22. The third-order valence-electron chi connectivity index (χ3n) is 4.24. The Morgan fingerprint density at radius 2 is 1.76 bits per heavy atom. The third kappa shape index (κ3) is 3.69. The average Bonchev–Trinajstić information content (AvgIpc) is 2.56. The molecule has 2 aromatic rings. The zero-order valence-corrected chi connectivity index (χ0v) is 12.6. The minimum Gasteiger partial charge on any atom is -0.306 e. The van der Waals surface area contributed by atoms with E-state index in [-0.39, 0.29) is 6.04 Å². The summed E-state index contributed by atoms with van der Waals surface area (Å²) in [5, 5.41) is 3.82. The first-order chi connectivity index (χ1) is 10.3. The smallest absolute Gasteiger partial charge is 0.0753 e. The van der Waals surface area contributed by atoms with Crippen LogP contribution in [0.15, 0.2) is 54.7 Å². The normalized spacial score (nSPS) is 18.5. The van der Waals surface area contributed by atoms with Crippen molar-refractivity contribution in [2.75, 3.05) is 20.1 Å². The average molecular weight is 281 g/mol. The maximum atomic E-state index is 4.56. The monoisotopic (exact) mass is 281 g/mol. The number of hydrogen-bond donors (Lipinski definition) is 1. The van der Waals surface area contributed by atoms with Gasteiger partial charge in [0.15, 0.2) is 0 Å². The lowest BCUT2D eigenvalue weighted by molar-refractivity contribution is 0.228. The fraction of sp³-hybridized carbons (Fsp3) is 0.389. The molecule has 0 radical (unpaired) electrons. The van der Waals surface area contributed by atoms with Gasteiger partial charge in [-0.1, -0.05) is 36.4 Å². The number of aromatic nitrogens is 1. The lowest BCUT2D eigenvalue weighted by Gasteiger charge is -2.32. The first kappa shape index (κ1) is 14.2. The number of rotatable bonds is 4. The number of nitrogens with one attached hydrogen (secondary N) is 1. The fourth-order valence-corrected chi connectivity index (χ4v) is 2.96. The van der Waals surface area contributed by atoms with Crippen LogP contribution in [0.4, 0.5) is 0 Å². The molecule has 1 saturated heterocycles. The van der Waals surface area contributed by atoms with E-state index >= 15 is 0 Å². The zero-order chi connectivity index (χ0) is 14.5. The van der Waals surface area contributed by atoms with Crippen molar-refractivity contribution in [3.8, 4) is 0 Å². The summed E-state index contributed by atoms with van der Waals surface area (Å²) < 4.78 is 0. The second kappa shape index (κ2) is 6.83. The second-order valence-corrected chi connectivity index (χ2v) is 5.84. The van der Waals surface area contributed by atoms with E-state index in [0.29, 0.717) is 6.04 Å². The van der Waals surface area contributed by atoms with Crippen molar-refractivity contribution in [2.45, 2.75) is 24.9 Å². The van der Waals surface area contributed by atoms with Crippen LogP contribution in [-0.2, 0) is 0 Å². The Kier molecular flexibility index (Phi) is 4.63. The molecular formula is C18H23N3. The molecule has 0 amide bonds. The Labute approximate surface area is 127 Å². The van der Waals surface area contributed by atoms with E-state index in [2.05, 4.69) is 64.7 Å². The van der Waals surface area contributed by atoms with Gasteiger partial charge in [0.05, 0.1) is 11.7 Å². The topological polar surface area (TPSA) is 28.2 Å².